The molecule has 0 radical (unpaired) electrons. The van der Waals surface area contributed by atoms with E-state index in [1.54, 1.807) is 6.92 Å². The van der Waals surface area contributed by atoms with Gasteiger partial charge in [0.25, 0.3) is 0 Å². The third-order valence-corrected chi connectivity index (χ3v) is 1.18. The lowest BCUT2D eigenvalue weighted by Crippen LogP contribution is -2.23. The maximum Gasteiger partial charge on any atom is 0.358 e. The van der Waals surface area contributed by atoms with Gasteiger partial charge in [-0.2, -0.15) is 0 Å². The van der Waals surface area contributed by atoms with Crippen LogP contribution < -0.4 is 0 Å². The summed E-state index contributed by atoms with van der Waals surface area (Å²) in [5, 5.41) is 14.3. The topological polar surface area (TPSA) is 86.4 Å². The summed E-state index contributed by atoms with van der Waals surface area (Å²) in [6.45, 7) is 4.87. The molecule has 0 saturated heterocycles. The molecule has 0 bridgehead atoms. The van der Waals surface area contributed by atoms with Crippen molar-refractivity contribution >= 4 is 23.2 Å². The molecule has 0 aliphatic heterocycles. The quantitative estimate of drug-likeness (QED) is 0.389. The van der Waals surface area contributed by atoms with Gasteiger partial charge in [-0.1, -0.05) is 0 Å². The SMILES string of the molecule is CCOC(=O)C(=N)/C(C)=N\C(C)=N. The second kappa shape index (κ2) is 5.18. The van der Waals surface area contributed by atoms with Crippen LogP contribution >= 0.6 is 0 Å². The minimum atomic E-state index is -0.704. The van der Waals surface area contributed by atoms with Crippen molar-refractivity contribution in [2.45, 2.75) is 20.8 Å². The van der Waals surface area contributed by atoms with Gasteiger partial charge in [0.1, 0.15) is 5.84 Å². The lowest BCUT2D eigenvalue weighted by atomic mass is 10.2. The Labute approximate surface area is 76.8 Å². The highest BCUT2D eigenvalue weighted by Crippen LogP contribution is 1.88. The number of nitrogens with zero attached hydrogens (tertiary/aromatic N) is 1. The van der Waals surface area contributed by atoms with Crippen molar-refractivity contribution in [3.05, 3.63) is 0 Å². The second-order valence-electron chi connectivity index (χ2n) is 2.38. The van der Waals surface area contributed by atoms with Crippen molar-refractivity contribution in [2.24, 2.45) is 4.99 Å². The average molecular weight is 183 g/mol. The van der Waals surface area contributed by atoms with Gasteiger partial charge in [-0.3, -0.25) is 10.8 Å². The van der Waals surface area contributed by atoms with E-state index in [4.69, 9.17) is 10.8 Å². The first kappa shape index (κ1) is 11.5. The predicted octanol–water partition coefficient (Wildman–Crippen LogP) is 1.03. The Hall–Kier alpha value is -1.52. The summed E-state index contributed by atoms with van der Waals surface area (Å²) in [5.41, 5.74) is -0.0978. The van der Waals surface area contributed by atoms with Gasteiger partial charge in [0.2, 0.25) is 0 Å². The Morgan fingerprint density at radius 3 is 2.31 bits per heavy atom. The Balaban J connectivity index is 4.43. The summed E-state index contributed by atoms with van der Waals surface area (Å²) >= 11 is 0. The molecule has 0 rings (SSSR count). The van der Waals surface area contributed by atoms with Crippen LogP contribution in [-0.4, -0.2) is 29.8 Å². The maximum absolute atomic E-state index is 11.0. The minimum Gasteiger partial charge on any atom is -0.461 e. The van der Waals surface area contributed by atoms with Gasteiger partial charge in [-0.15, -0.1) is 0 Å². The van der Waals surface area contributed by atoms with Crippen LogP contribution in [0.15, 0.2) is 4.99 Å². The number of carbonyl (C=O) groups is 1. The van der Waals surface area contributed by atoms with E-state index in [-0.39, 0.29) is 23.9 Å². The van der Waals surface area contributed by atoms with Gasteiger partial charge in [0, 0.05) is 0 Å². The first-order chi connectivity index (χ1) is 5.99. The van der Waals surface area contributed by atoms with Crippen LogP contribution in [0.2, 0.25) is 0 Å². The van der Waals surface area contributed by atoms with Crippen LogP contribution in [0, 0.1) is 10.8 Å². The molecule has 0 fully saturated rings. The summed E-state index contributed by atoms with van der Waals surface area (Å²) in [6, 6.07) is 0. The first-order valence-electron chi connectivity index (χ1n) is 3.85. The molecule has 0 aliphatic carbocycles. The largest absolute Gasteiger partial charge is 0.461 e. The summed E-state index contributed by atoms with van der Waals surface area (Å²) in [7, 11) is 0. The predicted molar refractivity (Wildman–Crippen MR) is 50.9 cm³/mol. The number of rotatable bonds is 3. The van der Waals surface area contributed by atoms with Crippen LogP contribution in [-0.2, 0) is 9.53 Å². The molecule has 72 valence electrons. The third kappa shape index (κ3) is 4.15. The van der Waals surface area contributed by atoms with Crippen LogP contribution in [0.25, 0.3) is 0 Å². The van der Waals surface area contributed by atoms with Crippen molar-refractivity contribution in [2.75, 3.05) is 6.61 Å². The van der Waals surface area contributed by atoms with Crippen LogP contribution in [0.4, 0.5) is 0 Å². The molecule has 0 atom stereocenters. The number of aliphatic imine (C=N–C) groups is 1. The van der Waals surface area contributed by atoms with Crippen molar-refractivity contribution in [3.63, 3.8) is 0 Å². The van der Waals surface area contributed by atoms with Crippen LogP contribution in [0.5, 0.6) is 0 Å². The van der Waals surface area contributed by atoms with Gasteiger partial charge < -0.3 is 4.74 Å². The molecule has 0 aromatic carbocycles. The van der Waals surface area contributed by atoms with Gasteiger partial charge in [0.05, 0.1) is 12.3 Å². The Bertz CT molecular complexity index is 269. The zero-order valence-corrected chi connectivity index (χ0v) is 7.97. The van der Waals surface area contributed by atoms with Crippen molar-refractivity contribution in [1.82, 2.24) is 0 Å². The van der Waals surface area contributed by atoms with Gasteiger partial charge in [-0.05, 0) is 20.8 Å². The highest BCUT2D eigenvalue weighted by atomic mass is 16.5. The van der Waals surface area contributed by atoms with Gasteiger partial charge in [-0.25, -0.2) is 9.79 Å². The van der Waals surface area contributed by atoms with E-state index >= 15 is 0 Å². The number of hydrogen-bond donors (Lipinski definition) is 2. The van der Waals surface area contributed by atoms with Crippen LogP contribution in [0.3, 0.4) is 0 Å². The highest BCUT2D eigenvalue weighted by Gasteiger charge is 2.13. The molecule has 0 amide bonds. The number of carbonyl (C=O) groups excluding carboxylic acids is 1. The number of hydrogen-bond acceptors (Lipinski definition) is 4. The molecule has 0 heterocycles. The maximum atomic E-state index is 11.0. The summed E-state index contributed by atoms with van der Waals surface area (Å²) in [4.78, 5) is 14.6. The number of nitrogens with one attached hydrogen (secondary N) is 2. The third-order valence-electron chi connectivity index (χ3n) is 1.18. The lowest BCUT2D eigenvalue weighted by Gasteiger charge is -2.02. The van der Waals surface area contributed by atoms with Gasteiger partial charge >= 0.3 is 5.97 Å². The zero-order valence-electron chi connectivity index (χ0n) is 7.97. The molecule has 2 N–H and O–H groups in total. The van der Waals surface area contributed by atoms with E-state index in [0.29, 0.717) is 0 Å². The zero-order chi connectivity index (χ0) is 10.4. The number of amidine groups is 1. The average Bonchev–Trinajstić information content (AvgIpc) is 2.02. The molecule has 0 aliphatic rings. The Kier molecular flexibility index (Phi) is 4.58. The molecular weight excluding hydrogens is 170 g/mol. The molecule has 0 saturated carbocycles. The molecule has 0 aromatic heterocycles. The van der Waals surface area contributed by atoms with Crippen molar-refractivity contribution in [1.29, 1.82) is 10.8 Å². The van der Waals surface area contributed by atoms with E-state index in [0.717, 1.165) is 0 Å². The van der Waals surface area contributed by atoms with E-state index < -0.39 is 5.97 Å². The van der Waals surface area contributed by atoms with Gasteiger partial charge in [0.15, 0.2) is 5.71 Å². The second-order valence-corrected chi connectivity index (χ2v) is 2.38. The molecule has 0 unspecified atom stereocenters. The summed E-state index contributed by atoms with van der Waals surface area (Å²) in [5.74, 6) is -0.642. The standard InChI is InChI=1S/C8H13N3O2/c1-4-13-8(12)7(10)5(2)11-6(3)9/h9-10H,4H2,1-3H3/b9-6?,10-7?,11-5-. The minimum absolute atomic E-state index is 0.0616. The summed E-state index contributed by atoms with van der Waals surface area (Å²) < 4.78 is 4.59. The van der Waals surface area contributed by atoms with Crippen LogP contribution in [0.1, 0.15) is 20.8 Å². The number of esters is 1. The smallest absolute Gasteiger partial charge is 0.358 e. The fraction of sp³-hybridized carbons (Fsp3) is 0.500. The van der Waals surface area contributed by atoms with E-state index in [1.165, 1.54) is 13.8 Å². The highest BCUT2D eigenvalue weighted by molar-refractivity contribution is 6.64. The normalized spacial score (nSPS) is 10.8. The Morgan fingerprint density at radius 1 is 1.38 bits per heavy atom. The fourth-order valence-corrected chi connectivity index (χ4v) is 0.658. The molecule has 5 nitrogen and oxygen atoms in total. The van der Waals surface area contributed by atoms with E-state index in [1.807, 2.05) is 0 Å². The Morgan fingerprint density at radius 2 is 1.92 bits per heavy atom. The molecule has 0 spiro atoms. The molecule has 5 heteroatoms. The molecular formula is C8H13N3O2. The van der Waals surface area contributed by atoms with E-state index in [2.05, 4.69) is 9.73 Å². The number of ether oxygens (including phenoxy) is 1. The fourth-order valence-electron chi connectivity index (χ4n) is 0.658. The summed E-state index contributed by atoms with van der Waals surface area (Å²) in [6.07, 6.45) is 0. The van der Waals surface area contributed by atoms with E-state index in [9.17, 15) is 4.79 Å². The monoisotopic (exact) mass is 183 g/mol. The first-order valence-corrected chi connectivity index (χ1v) is 3.85. The van der Waals surface area contributed by atoms with Crippen molar-refractivity contribution in [3.8, 4) is 0 Å². The van der Waals surface area contributed by atoms with Crippen molar-refractivity contribution < 1.29 is 9.53 Å². The molecule has 13 heavy (non-hydrogen) atoms. The molecule has 0 aromatic rings. The lowest BCUT2D eigenvalue weighted by molar-refractivity contribution is -0.134.